The van der Waals surface area contributed by atoms with Crippen LogP contribution in [0.3, 0.4) is 0 Å². The van der Waals surface area contributed by atoms with Crippen LogP contribution in [0.15, 0.2) is 24.3 Å². The van der Waals surface area contributed by atoms with Gasteiger partial charge < -0.3 is 15.5 Å². The van der Waals surface area contributed by atoms with Crippen molar-refractivity contribution in [3.63, 3.8) is 0 Å². The first-order chi connectivity index (χ1) is 10.1. The fraction of sp³-hybridized carbons (Fsp3) is 0.467. The lowest BCUT2D eigenvalue weighted by molar-refractivity contribution is -0.132. The molecule has 2 unspecified atom stereocenters. The summed E-state index contributed by atoms with van der Waals surface area (Å²) in [7, 11) is 0. The Labute approximate surface area is 128 Å². The Kier molecular flexibility index (Phi) is 4.12. The van der Waals surface area contributed by atoms with Crippen molar-refractivity contribution in [1.29, 1.82) is 0 Å². The molecule has 2 aliphatic heterocycles. The zero-order chi connectivity index (χ0) is 14.8. The normalized spacial score (nSPS) is 25.4. The van der Waals surface area contributed by atoms with Crippen molar-refractivity contribution in [2.45, 2.75) is 18.9 Å². The molecule has 2 heterocycles. The Balaban J connectivity index is 1.66. The van der Waals surface area contributed by atoms with E-state index in [1.807, 2.05) is 12.1 Å². The topological polar surface area (TPSA) is 61.4 Å². The zero-order valence-electron chi connectivity index (χ0n) is 11.6. The summed E-state index contributed by atoms with van der Waals surface area (Å²) in [6, 6.07) is 7.31. The van der Waals surface area contributed by atoms with Gasteiger partial charge in [-0.15, -0.1) is 0 Å². The van der Waals surface area contributed by atoms with E-state index < -0.39 is 5.92 Å². The van der Waals surface area contributed by atoms with Crippen LogP contribution in [0, 0.1) is 5.92 Å². The van der Waals surface area contributed by atoms with Gasteiger partial charge in [-0.25, -0.2) is 0 Å². The third kappa shape index (κ3) is 3.04. The van der Waals surface area contributed by atoms with Crippen molar-refractivity contribution in [2.75, 3.05) is 24.5 Å². The van der Waals surface area contributed by atoms with Crippen LogP contribution in [0.4, 0.5) is 5.69 Å². The average molecular weight is 308 g/mol. The fourth-order valence-electron chi connectivity index (χ4n) is 2.90. The number of rotatable bonds is 3. The Bertz CT molecular complexity index is 558. The van der Waals surface area contributed by atoms with Crippen molar-refractivity contribution in [1.82, 2.24) is 10.6 Å². The van der Waals surface area contributed by atoms with Crippen molar-refractivity contribution in [3.8, 4) is 0 Å². The van der Waals surface area contributed by atoms with Gasteiger partial charge in [0.1, 0.15) is 5.92 Å². The van der Waals surface area contributed by atoms with Gasteiger partial charge in [0.05, 0.1) is 0 Å². The van der Waals surface area contributed by atoms with Crippen molar-refractivity contribution >= 4 is 29.1 Å². The maximum atomic E-state index is 12.4. The largest absolute Gasteiger partial charge is 0.351 e. The molecule has 0 aromatic heterocycles. The molecule has 0 radical (unpaired) electrons. The summed E-state index contributed by atoms with van der Waals surface area (Å²) in [5.41, 5.74) is 0.755. The molecule has 2 fully saturated rings. The number of nitrogens with one attached hydrogen (secondary N) is 2. The molecule has 0 bridgehead atoms. The molecule has 112 valence electrons. The quantitative estimate of drug-likeness (QED) is 0.824. The van der Waals surface area contributed by atoms with E-state index in [0.29, 0.717) is 18.0 Å². The van der Waals surface area contributed by atoms with Crippen LogP contribution < -0.4 is 15.5 Å². The van der Waals surface area contributed by atoms with Crippen LogP contribution in [0.5, 0.6) is 0 Å². The smallest absolute Gasteiger partial charge is 0.239 e. The van der Waals surface area contributed by atoms with Crippen LogP contribution in [-0.4, -0.2) is 37.5 Å². The Morgan fingerprint density at radius 2 is 2.24 bits per heavy atom. The molecule has 2 N–H and O–H groups in total. The van der Waals surface area contributed by atoms with Gasteiger partial charge in [-0.3, -0.25) is 9.59 Å². The molecule has 1 aromatic carbocycles. The monoisotopic (exact) mass is 307 g/mol. The van der Waals surface area contributed by atoms with Gasteiger partial charge in [-0.05, 0) is 37.6 Å². The van der Waals surface area contributed by atoms with Gasteiger partial charge in [-0.1, -0.05) is 17.7 Å². The van der Waals surface area contributed by atoms with Crippen molar-refractivity contribution < 1.29 is 9.59 Å². The first kappa shape index (κ1) is 14.4. The second kappa shape index (κ2) is 6.03. The molecule has 2 atom stereocenters. The summed E-state index contributed by atoms with van der Waals surface area (Å²) in [6.45, 7) is 2.25. The van der Waals surface area contributed by atoms with Gasteiger partial charge in [0, 0.05) is 29.8 Å². The Morgan fingerprint density at radius 1 is 1.38 bits per heavy atom. The number of anilines is 1. The van der Waals surface area contributed by atoms with Crippen LogP contribution in [-0.2, 0) is 9.59 Å². The van der Waals surface area contributed by atoms with E-state index in [0.717, 1.165) is 25.2 Å². The maximum absolute atomic E-state index is 12.4. The van der Waals surface area contributed by atoms with E-state index in [4.69, 9.17) is 11.6 Å². The second-order valence-electron chi connectivity index (χ2n) is 5.51. The highest BCUT2D eigenvalue weighted by Gasteiger charge is 2.38. The SMILES string of the molecule is O=C(NC1CCNC1)C1CCN(c2cccc(Cl)c2)C1=O. The Morgan fingerprint density at radius 3 is 2.95 bits per heavy atom. The zero-order valence-corrected chi connectivity index (χ0v) is 12.4. The van der Waals surface area contributed by atoms with E-state index in [-0.39, 0.29) is 17.9 Å². The molecule has 0 aliphatic carbocycles. The second-order valence-corrected chi connectivity index (χ2v) is 5.95. The van der Waals surface area contributed by atoms with Crippen LogP contribution in [0.25, 0.3) is 0 Å². The van der Waals surface area contributed by atoms with Gasteiger partial charge in [0.15, 0.2) is 0 Å². The molecular weight excluding hydrogens is 290 g/mol. The lowest BCUT2D eigenvalue weighted by atomic mass is 10.1. The number of amides is 2. The van der Waals surface area contributed by atoms with Crippen LogP contribution in [0.2, 0.25) is 5.02 Å². The van der Waals surface area contributed by atoms with Crippen LogP contribution in [0.1, 0.15) is 12.8 Å². The summed E-state index contributed by atoms with van der Waals surface area (Å²) < 4.78 is 0. The highest BCUT2D eigenvalue weighted by atomic mass is 35.5. The standard InChI is InChI=1S/C15H18ClN3O2/c16-10-2-1-3-12(8-10)19-7-5-13(15(19)21)14(20)18-11-4-6-17-9-11/h1-3,8,11,13,17H,4-7,9H2,(H,18,20). The summed E-state index contributed by atoms with van der Waals surface area (Å²) in [5.74, 6) is -0.872. The van der Waals surface area contributed by atoms with Crippen molar-refractivity contribution in [3.05, 3.63) is 29.3 Å². The predicted molar refractivity (Wildman–Crippen MR) is 81.3 cm³/mol. The Hall–Kier alpha value is -1.59. The van der Waals surface area contributed by atoms with Gasteiger partial charge in [0.2, 0.25) is 11.8 Å². The van der Waals surface area contributed by atoms with E-state index in [9.17, 15) is 9.59 Å². The van der Waals surface area contributed by atoms with Crippen LogP contribution >= 0.6 is 11.6 Å². The third-order valence-corrected chi connectivity index (χ3v) is 4.28. The fourth-order valence-corrected chi connectivity index (χ4v) is 3.09. The molecule has 6 heteroatoms. The van der Waals surface area contributed by atoms with E-state index in [1.165, 1.54) is 0 Å². The molecule has 2 aliphatic rings. The molecule has 1 aromatic rings. The summed E-state index contributed by atoms with van der Waals surface area (Å²) in [4.78, 5) is 26.3. The number of benzene rings is 1. The first-order valence-electron chi connectivity index (χ1n) is 7.23. The van der Waals surface area contributed by atoms with Gasteiger partial charge in [-0.2, -0.15) is 0 Å². The van der Waals surface area contributed by atoms with E-state index in [1.54, 1.807) is 17.0 Å². The number of carbonyl (C=O) groups is 2. The lowest BCUT2D eigenvalue weighted by Crippen LogP contribution is -2.42. The molecule has 2 saturated heterocycles. The summed E-state index contributed by atoms with van der Waals surface area (Å²) >= 11 is 5.96. The molecule has 21 heavy (non-hydrogen) atoms. The summed E-state index contributed by atoms with van der Waals surface area (Å²) in [6.07, 6.45) is 1.47. The summed E-state index contributed by atoms with van der Waals surface area (Å²) in [5, 5.41) is 6.74. The molecule has 3 rings (SSSR count). The first-order valence-corrected chi connectivity index (χ1v) is 7.61. The minimum Gasteiger partial charge on any atom is -0.351 e. The maximum Gasteiger partial charge on any atom is 0.239 e. The number of hydrogen-bond acceptors (Lipinski definition) is 3. The average Bonchev–Trinajstić information content (AvgIpc) is 3.08. The molecule has 0 spiro atoms. The highest BCUT2D eigenvalue weighted by molar-refractivity contribution is 6.31. The van der Waals surface area contributed by atoms with Gasteiger partial charge >= 0.3 is 0 Å². The van der Waals surface area contributed by atoms with E-state index in [2.05, 4.69) is 10.6 Å². The number of halogens is 1. The highest BCUT2D eigenvalue weighted by Crippen LogP contribution is 2.27. The predicted octanol–water partition coefficient (Wildman–Crippen LogP) is 1.17. The van der Waals surface area contributed by atoms with Crippen molar-refractivity contribution in [2.24, 2.45) is 5.92 Å². The van der Waals surface area contributed by atoms with Gasteiger partial charge in [0.25, 0.3) is 0 Å². The number of carbonyl (C=O) groups excluding carboxylic acids is 2. The third-order valence-electron chi connectivity index (χ3n) is 4.05. The molecule has 0 saturated carbocycles. The molecule has 5 nitrogen and oxygen atoms in total. The number of hydrogen-bond donors (Lipinski definition) is 2. The minimum atomic E-state index is -0.579. The number of nitrogens with zero attached hydrogens (tertiary/aromatic N) is 1. The van der Waals surface area contributed by atoms with E-state index >= 15 is 0 Å². The minimum absolute atomic E-state index is 0.138. The molecule has 2 amide bonds. The molecular formula is C15H18ClN3O2. The lowest BCUT2D eigenvalue weighted by Gasteiger charge is -2.18.